The number of allylic oxidation sites excluding steroid dienone is 2. The lowest BCUT2D eigenvalue weighted by molar-refractivity contribution is -0.111. The summed E-state index contributed by atoms with van der Waals surface area (Å²) in [5, 5.41) is 12.6. The van der Waals surface area contributed by atoms with Gasteiger partial charge < -0.3 is 15.2 Å². The van der Waals surface area contributed by atoms with Crippen molar-refractivity contribution < 1.29 is 14.6 Å². The number of Topliss-reactive ketones (excluding diaryl/α,β-unsaturated/α-hetero) is 1. The van der Waals surface area contributed by atoms with E-state index >= 15 is 0 Å². The summed E-state index contributed by atoms with van der Waals surface area (Å²) in [6.45, 7) is 3.38. The molecular weight excluding hydrogens is 278 g/mol. The third-order valence-electron chi connectivity index (χ3n) is 3.30. The largest absolute Gasteiger partial charge is 0.508 e. The van der Waals surface area contributed by atoms with Gasteiger partial charge in [-0.1, -0.05) is 12.1 Å². The van der Waals surface area contributed by atoms with Crippen molar-refractivity contribution in [3.63, 3.8) is 0 Å². The lowest BCUT2D eigenvalue weighted by atomic mass is 10.0. The Labute approximate surface area is 130 Å². The molecule has 0 heterocycles. The maximum Gasteiger partial charge on any atom is 0.162 e. The van der Waals surface area contributed by atoms with E-state index in [2.05, 4.69) is 5.32 Å². The van der Waals surface area contributed by atoms with Crippen molar-refractivity contribution in [3.05, 3.63) is 59.8 Å². The van der Waals surface area contributed by atoms with Crippen LogP contribution in [0.4, 0.5) is 5.69 Å². The number of carbonyl (C=O) groups excluding carboxylic acids is 1. The summed E-state index contributed by atoms with van der Waals surface area (Å²) in [6.07, 6.45) is 0. The van der Waals surface area contributed by atoms with Crippen LogP contribution in [0.25, 0.3) is 5.57 Å². The molecule has 0 spiro atoms. The van der Waals surface area contributed by atoms with Crippen LogP contribution in [0.5, 0.6) is 11.5 Å². The number of ketones is 1. The monoisotopic (exact) mass is 297 g/mol. The topological polar surface area (TPSA) is 58.6 Å². The molecule has 4 nitrogen and oxygen atoms in total. The molecule has 0 unspecified atom stereocenters. The Morgan fingerprint density at radius 2 is 1.59 bits per heavy atom. The molecule has 0 aliphatic carbocycles. The molecule has 2 rings (SSSR count). The van der Waals surface area contributed by atoms with Crippen LogP contribution in [0.2, 0.25) is 0 Å². The summed E-state index contributed by atoms with van der Waals surface area (Å²) >= 11 is 0. The van der Waals surface area contributed by atoms with Crippen LogP contribution in [-0.4, -0.2) is 18.0 Å². The molecule has 0 radical (unpaired) electrons. The first kappa shape index (κ1) is 15.6. The van der Waals surface area contributed by atoms with Crippen molar-refractivity contribution in [2.24, 2.45) is 0 Å². The zero-order chi connectivity index (χ0) is 16.1. The molecule has 0 aliphatic heterocycles. The first-order valence-corrected chi connectivity index (χ1v) is 6.93. The number of phenolic OH excluding ortho intramolecular Hbond substituents is 1. The van der Waals surface area contributed by atoms with Gasteiger partial charge in [-0.25, -0.2) is 0 Å². The second kappa shape index (κ2) is 6.80. The zero-order valence-electron chi connectivity index (χ0n) is 12.9. The summed E-state index contributed by atoms with van der Waals surface area (Å²) in [5.74, 6) is 0.911. The van der Waals surface area contributed by atoms with Gasteiger partial charge in [0.15, 0.2) is 5.78 Å². The van der Waals surface area contributed by atoms with Crippen molar-refractivity contribution in [2.45, 2.75) is 13.8 Å². The third kappa shape index (κ3) is 3.67. The van der Waals surface area contributed by atoms with Crippen LogP contribution < -0.4 is 10.1 Å². The number of ether oxygens (including phenoxy) is 1. The van der Waals surface area contributed by atoms with Crippen LogP contribution >= 0.6 is 0 Å². The molecule has 0 saturated heterocycles. The molecular formula is C18H19NO3. The zero-order valence-corrected chi connectivity index (χ0v) is 12.9. The highest BCUT2D eigenvalue weighted by molar-refractivity contribution is 6.20. The van der Waals surface area contributed by atoms with E-state index in [-0.39, 0.29) is 11.5 Å². The molecule has 114 valence electrons. The Kier molecular flexibility index (Phi) is 4.84. The molecule has 0 amide bonds. The van der Waals surface area contributed by atoms with Gasteiger partial charge in [-0.15, -0.1) is 0 Å². The Morgan fingerprint density at radius 1 is 1.00 bits per heavy atom. The second-order valence-corrected chi connectivity index (χ2v) is 4.96. The van der Waals surface area contributed by atoms with Crippen molar-refractivity contribution in [3.8, 4) is 11.5 Å². The number of methoxy groups -OCH3 is 1. The van der Waals surface area contributed by atoms with Gasteiger partial charge in [0.25, 0.3) is 0 Å². The molecule has 0 bridgehead atoms. The molecule has 2 N–H and O–H groups in total. The second-order valence-electron chi connectivity index (χ2n) is 4.96. The molecule has 2 aromatic carbocycles. The number of aromatic hydroxyl groups is 1. The Balaban J connectivity index is 2.33. The van der Waals surface area contributed by atoms with Crippen LogP contribution in [0.15, 0.2) is 54.2 Å². The Bertz CT molecular complexity index is 685. The predicted molar refractivity (Wildman–Crippen MR) is 88.0 cm³/mol. The summed E-state index contributed by atoms with van der Waals surface area (Å²) < 4.78 is 5.12. The smallest absolute Gasteiger partial charge is 0.162 e. The van der Waals surface area contributed by atoms with E-state index < -0.39 is 0 Å². The van der Waals surface area contributed by atoms with Gasteiger partial charge in [0, 0.05) is 17.0 Å². The van der Waals surface area contributed by atoms with Gasteiger partial charge in [0.1, 0.15) is 11.5 Å². The van der Waals surface area contributed by atoms with E-state index in [0.29, 0.717) is 5.57 Å². The quantitative estimate of drug-likeness (QED) is 0.823. The van der Waals surface area contributed by atoms with Crippen molar-refractivity contribution in [2.75, 3.05) is 12.4 Å². The van der Waals surface area contributed by atoms with E-state index in [9.17, 15) is 9.90 Å². The van der Waals surface area contributed by atoms with E-state index in [0.717, 1.165) is 22.7 Å². The molecule has 0 aromatic heterocycles. The van der Waals surface area contributed by atoms with Crippen molar-refractivity contribution in [1.82, 2.24) is 0 Å². The van der Waals surface area contributed by atoms with E-state index in [1.165, 1.54) is 6.92 Å². The average Bonchev–Trinajstić information content (AvgIpc) is 2.50. The standard InChI is InChI=1S/C18H19NO3/c1-12(19-15-6-10-17(22-3)11-7-15)18(13(2)20)14-4-8-16(21)9-5-14/h4-11,19,21H,1-3H3/b18-12+. The number of hydrogen-bond acceptors (Lipinski definition) is 4. The summed E-state index contributed by atoms with van der Waals surface area (Å²) in [5.41, 5.74) is 2.99. The summed E-state index contributed by atoms with van der Waals surface area (Å²) in [6, 6.07) is 14.1. The van der Waals surface area contributed by atoms with Gasteiger partial charge in [-0.2, -0.15) is 0 Å². The van der Waals surface area contributed by atoms with Gasteiger partial charge in [-0.3, -0.25) is 4.79 Å². The molecule has 0 saturated carbocycles. The molecule has 2 aromatic rings. The number of nitrogens with one attached hydrogen (secondary N) is 1. The predicted octanol–water partition coefficient (Wildman–Crippen LogP) is 3.83. The van der Waals surface area contributed by atoms with Gasteiger partial charge in [0.05, 0.1) is 7.11 Å². The first-order chi connectivity index (χ1) is 10.5. The highest BCUT2D eigenvalue weighted by Crippen LogP contribution is 2.24. The van der Waals surface area contributed by atoms with Crippen LogP contribution in [-0.2, 0) is 4.79 Å². The van der Waals surface area contributed by atoms with Crippen LogP contribution in [0.1, 0.15) is 19.4 Å². The average molecular weight is 297 g/mol. The summed E-state index contributed by atoms with van der Waals surface area (Å²) in [7, 11) is 1.62. The molecule has 0 fully saturated rings. The van der Waals surface area contributed by atoms with Gasteiger partial charge in [0.2, 0.25) is 0 Å². The lowest BCUT2D eigenvalue weighted by Gasteiger charge is -2.13. The van der Waals surface area contributed by atoms with Crippen molar-refractivity contribution >= 4 is 17.0 Å². The number of hydrogen-bond donors (Lipinski definition) is 2. The number of rotatable bonds is 5. The minimum Gasteiger partial charge on any atom is -0.508 e. The third-order valence-corrected chi connectivity index (χ3v) is 3.30. The minimum atomic E-state index is -0.0378. The highest BCUT2D eigenvalue weighted by atomic mass is 16.5. The van der Waals surface area contributed by atoms with E-state index in [1.54, 1.807) is 31.4 Å². The SMILES string of the molecule is COc1ccc(N/C(C)=C(\C(C)=O)c2ccc(O)cc2)cc1. The van der Waals surface area contributed by atoms with Gasteiger partial charge >= 0.3 is 0 Å². The van der Waals surface area contributed by atoms with Crippen molar-refractivity contribution in [1.29, 1.82) is 0 Å². The van der Waals surface area contributed by atoms with E-state index in [1.807, 2.05) is 31.2 Å². The Hall–Kier alpha value is -2.75. The highest BCUT2D eigenvalue weighted by Gasteiger charge is 2.11. The molecule has 0 atom stereocenters. The normalized spacial score (nSPS) is 11.6. The number of carbonyl (C=O) groups is 1. The fourth-order valence-corrected chi connectivity index (χ4v) is 2.27. The van der Waals surface area contributed by atoms with Crippen LogP contribution in [0, 0.1) is 0 Å². The van der Waals surface area contributed by atoms with E-state index in [4.69, 9.17) is 4.74 Å². The number of benzene rings is 2. The fourth-order valence-electron chi connectivity index (χ4n) is 2.27. The molecule has 0 aliphatic rings. The molecule has 4 heteroatoms. The minimum absolute atomic E-state index is 0.0378. The lowest BCUT2D eigenvalue weighted by Crippen LogP contribution is -2.06. The van der Waals surface area contributed by atoms with Gasteiger partial charge in [-0.05, 0) is 55.8 Å². The first-order valence-electron chi connectivity index (χ1n) is 6.93. The number of phenols is 1. The fraction of sp³-hybridized carbons (Fsp3) is 0.167. The summed E-state index contributed by atoms with van der Waals surface area (Å²) in [4.78, 5) is 12.0. The van der Waals surface area contributed by atoms with Crippen LogP contribution in [0.3, 0.4) is 0 Å². The Morgan fingerprint density at radius 3 is 2.09 bits per heavy atom. The maximum atomic E-state index is 12.0. The number of anilines is 1. The molecule has 22 heavy (non-hydrogen) atoms. The maximum absolute atomic E-state index is 12.0.